The highest BCUT2D eigenvalue weighted by Gasteiger charge is 2.42. The van der Waals surface area contributed by atoms with Crippen molar-refractivity contribution in [2.45, 2.75) is 64.8 Å². The van der Waals surface area contributed by atoms with Crippen LogP contribution in [0.4, 0.5) is 0 Å². The molecule has 2 rings (SSSR count). The third-order valence-corrected chi connectivity index (χ3v) is 4.70. The van der Waals surface area contributed by atoms with E-state index < -0.39 is 11.5 Å². The van der Waals surface area contributed by atoms with E-state index in [2.05, 4.69) is 17.4 Å². The van der Waals surface area contributed by atoms with Crippen LogP contribution in [0.2, 0.25) is 0 Å². The lowest BCUT2D eigenvalue weighted by Gasteiger charge is -2.36. The van der Waals surface area contributed by atoms with Crippen LogP contribution in [0.15, 0.2) is 4.52 Å². The smallest absolute Gasteiger partial charge is 0.329 e. The number of amides is 1. The maximum atomic E-state index is 12.2. The van der Waals surface area contributed by atoms with Gasteiger partial charge in [0.2, 0.25) is 5.91 Å². The van der Waals surface area contributed by atoms with Crippen LogP contribution in [0.25, 0.3) is 0 Å². The number of nitrogens with zero attached hydrogens (tertiary/aromatic N) is 1. The largest absolute Gasteiger partial charge is 0.480 e. The minimum absolute atomic E-state index is 0.225. The highest BCUT2D eigenvalue weighted by Crippen LogP contribution is 2.32. The summed E-state index contributed by atoms with van der Waals surface area (Å²) in [4.78, 5) is 23.8. The molecule has 1 aromatic rings. The van der Waals surface area contributed by atoms with Gasteiger partial charge in [-0.15, -0.1) is 0 Å². The molecule has 1 aliphatic rings. The zero-order chi connectivity index (χ0) is 16.3. The summed E-state index contributed by atoms with van der Waals surface area (Å²) < 4.78 is 5.07. The van der Waals surface area contributed by atoms with Gasteiger partial charge in [-0.2, -0.15) is 0 Å². The summed E-state index contributed by atoms with van der Waals surface area (Å²) in [6.45, 7) is 5.77. The van der Waals surface area contributed by atoms with Crippen molar-refractivity contribution in [1.82, 2.24) is 10.5 Å². The van der Waals surface area contributed by atoms with Gasteiger partial charge in [-0.25, -0.2) is 4.79 Å². The number of nitrogens with one attached hydrogen (secondary N) is 1. The van der Waals surface area contributed by atoms with Gasteiger partial charge in [0.25, 0.3) is 0 Å². The number of carbonyl (C=O) groups excluding carboxylic acids is 1. The molecule has 0 saturated heterocycles. The molecule has 0 unspecified atom stereocenters. The molecule has 0 bridgehead atoms. The molecule has 0 aliphatic heterocycles. The second-order valence-corrected chi connectivity index (χ2v) is 6.42. The van der Waals surface area contributed by atoms with Crippen LogP contribution in [0.1, 0.15) is 56.0 Å². The molecule has 1 aromatic heterocycles. The molecule has 2 N–H and O–H groups in total. The lowest BCUT2D eigenvalue weighted by Crippen LogP contribution is -2.56. The van der Waals surface area contributed by atoms with Gasteiger partial charge in [0.15, 0.2) is 0 Å². The van der Waals surface area contributed by atoms with E-state index in [0.717, 1.165) is 24.1 Å². The highest BCUT2D eigenvalue weighted by atomic mass is 16.5. The van der Waals surface area contributed by atoms with Crippen LogP contribution in [0.5, 0.6) is 0 Å². The maximum Gasteiger partial charge on any atom is 0.329 e. The molecule has 0 radical (unpaired) electrons. The van der Waals surface area contributed by atoms with Gasteiger partial charge >= 0.3 is 5.97 Å². The number of carbonyl (C=O) groups is 2. The first-order valence-electron chi connectivity index (χ1n) is 7.80. The summed E-state index contributed by atoms with van der Waals surface area (Å²) >= 11 is 0. The third kappa shape index (κ3) is 3.48. The molecule has 0 spiro atoms. The first kappa shape index (κ1) is 16.5. The third-order valence-electron chi connectivity index (χ3n) is 4.70. The van der Waals surface area contributed by atoms with E-state index in [1.54, 1.807) is 0 Å². The van der Waals surface area contributed by atoms with Crippen LogP contribution in [-0.2, 0) is 16.0 Å². The second-order valence-electron chi connectivity index (χ2n) is 6.42. The maximum absolute atomic E-state index is 12.2. The predicted octanol–water partition coefficient (Wildman–Crippen LogP) is 2.37. The summed E-state index contributed by atoms with van der Waals surface area (Å²) in [6, 6.07) is 0. The monoisotopic (exact) mass is 308 g/mol. The molecule has 0 atom stereocenters. The van der Waals surface area contributed by atoms with Crippen LogP contribution in [-0.4, -0.2) is 27.7 Å². The number of aliphatic carboxylic acids is 1. The summed E-state index contributed by atoms with van der Waals surface area (Å²) in [6.07, 6.45) is 3.42. The lowest BCUT2D eigenvalue weighted by molar-refractivity contribution is -0.149. The Morgan fingerprint density at radius 2 is 2.00 bits per heavy atom. The highest BCUT2D eigenvalue weighted by molar-refractivity contribution is 5.87. The van der Waals surface area contributed by atoms with Gasteiger partial charge in [0.05, 0.1) is 5.69 Å². The zero-order valence-corrected chi connectivity index (χ0v) is 13.4. The number of carboxylic acids is 1. The molecule has 1 fully saturated rings. The van der Waals surface area contributed by atoms with Gasteiger partial charge in [-0.1, -0.05) is 12.1 Å². The lowest BCUT2D eigenvalue weighted by atomic mass is 9.77. The fourth-order valence-corrected chi connectivity index (χ4v) is 3.07. The van der Waals surface area contributed by atoms with Crippen molar-refractivity contribution in [3.63, 3.8) is 0 Å². The van der Waals surface area contributed by atoms with E-state index in [-0.39, 0.29) is 12.3 Å². The second kappa shape index (κ2) is 6.50. The summed E-state index contributed by atoms with van der Waals surface area (Å²) in [5.41, 5.74) is 0.615. The number of hydrogen-bond donors (Lipinski definition) is 2. The van der Waals surface area contributed by atoms with Crippen molar-refractivity contribution in [2.24, 2.45) is 5.92 Å². The van der Waals surface area contributed by atoms with Crippen molar-refractivity contribution < 1.29 is 19.2 Å². The van der Waals surface area contributed by atoms with E-state index in [9.17, 15) is 14.7 Å². The Kier molecular flexibility index (Phi) is 4.88. The van der Waals surface area contributed by atoms with Crippen molar-refractivity contribution in [3.8, 4) is 0 Å². The molecule has 6 heteroatoms. The average molecular weight is 308 g/mol. The molecular weight excluding hydrogens is 284 g/mol. The SMILES string of the molecule is Cc1noc(C)c1CCC(=O)NC1(C(=O)O)CCC(C)CC1. The van der Waals surface area contributed by atoms with E-state index in [0.29, 0.717) is 30.9 Å². The molecule has 1 aliphatic carbocycles. The van der Waals surface area contributed by atoms with E-state index in [1.165, 1.54) is 0 Å². The van der Waals surface area contributed by atoms with Crippen molar-refractivity contribution in [1.29, 1.82) is 0 Å². The van der Waals surface area contributed by atoms with Crippen molar-refractivity contribution >= 4 is 11.9 Å². The van der Waals surface area contributed by atoms with E-state index in [4.69, 9.17) is 4.52 Å². The average Bonchev–Trinajstić information content (AvgIpc) is 2.78. The normalized spacial score (nSPS) is 25.0. The number of aryl methyl sites for hydroxylation is 2. The first-order chi connectivity index (χ1) is 10.3. The van der Waals surface area contributed by atoms with Gasteiger partial charge < -0.3 is 14.9 Å². The quantitative estimate of drug-likeness (QED) is 0.871. The molecule has 1 heterocycles. The molecule has 22 heavy (non-hydrogen) atoms. The molecule has 122 valence electrons. The first-order valence-corrected chi connectivity index (χ1v) is 7.80. The Morgan fingerprint density at radius 3 is 2.50 bits per heavy atom. The summed E-state index contributed by atoms with van der Waals surface area (Å²) in [7, 11) is 0. The number of hydrogen-bond acceptors (Lipinski definition) is 4. The van der Waals surface area contributed by atoms with Crippen LogP contribution in [0.3, 0.4) is 0 Å². The molecule has 6 nitrogen and oxygen atoms in total. The van der Waals surface area contributed by atoms with Crippen LogP contribution < -0.4 is 5.32 Å². The minimum Gasteiger partial charge on any atom is -0.480 e. The Morgan fingerprint density at radius 1 is 1.36 bits per heavy atom. The number of carboxylic acid groups (broad SMARTS) is 1. The molecule has 1 amide bonds. The van der Waals surface area contributed by atoms with Gasteiger partial charge in [-0.05, 0) is 51.9 Å². The fraction of sp³-hybridized carbons (Fsp3) is 0.688. The molecule has 0 aromatic carbocycles. The van der Waals surface area contributed by atoms with Gasteiger partial charge in [-0.3, -0.25) is 4.79 Å². The Balaban J connectivity index is 1.96. The van der Waals surface area contributed by atoms with Crippen LogP contribution >= 0.6 is 0 Å². The van der Waals surface area contributed by atoms with Crippen LogP contribution in [0, 0.1) is 19.8 Å². The minimum atomic E-state index is -1.09. The van der Waals surface area contributed by atoms with Crippen molar-refractivity contribution in [3.05, 3.63) is 17.0 Å². The number of rotatable bonds is 5. The zero-order valence-electron chi connectivity index (χ0n) is 13.4. The standard InChI is InChI=1S/C16H24N2O4/c1-10-6-8-16(9-7-10,15(20)21)17-14(19)5-4-13-11(2)18-22-12(13)3/h10H,4-9H2,1-3H3,(H,17,19)(H,20,21). The Labute approximate surface area is 130 Å². The molecular formula is C16H24N2O4. The van der Waals surface area contributed by atoms with E-state index >= 15 is 0 Å². The Hall–Kier alpha value is -1.85. The van der Waals surface area contributed by atoms with Gasteiger partial charge in [0.1, 0.15) is 11.3 Å². The Bertz CT molecular complexity index is 537. The van der Waals surface area contributed by atoms with E-state index in [1.807, 2.05) is 13.8 Å². The topological polar surface area (TPSA) is 92.4 Å². The molecule has 1 saturated carbocycles. The summed E-state index contributed by atoms with van der Waals surface area (Å²) in [5.74, 6) is 0.0819. The predicted molar refractivity (Wildman–Crippen MR) is 80.4 cm³/mol. The van der Waals surface area contributed by atoms with Crippen molar-refractivity contribution in [2.75, 3.05) is 0 Å². The number of aromatic nitrogens is 1. The fourth-order valence-electron chi connectivity index (χ4n) is 3.07. The summed E-state index contributed by atoms with van der Waals surface area (Å²) in [5, 5.41) is 16.1. The van der Waals surface area contributed by atoms with Gasteiger partial charge in [0, 0.05) is 12.0 Å².